The molecule has 0 aliphatic heterocycles. The third-order valence-electron chi connectivity index (χ3n) is 3.67. The van der Waals surface area contributed by atoms with Crippen molar-refractivity contribution in [3.8, 4) is 0 Å². The number of aryl methyl sites for hydroxylation is 4. The van der Waals surface area contributed by atoms with E-state index in [2.05, 4.69) is 54.2 Å². The summed E-state index contributed by atoms with van der Waals surface area (Å²) < 4.78 is 1.04. The number of benzene rings is 2. The zero-order valence-electron chi connectivity index (χ0n) is 12.3. The fourth-order valence-electron chi connectivity index (χ4n) is 2.18. The van der Waals surface area contributed by atoms with Gasteiger partial charge in [0.15, 0.2) is 0 Å². The van der Waals surface area contributed by atoms with Crippen molar-refractivity contribution in [2.24, 2.45) is 0 Å². The Kier molecular flexibility index (Phi) is 4.77. The average Bonchev–Trinajstić information content (AvgIpc) is 2.37. The number of halogens is 2. The highest BCUT2D eigenvalue weighted by molar-refractivity contribution is 9.10. The lowest BCUT2D eigenvalue weighted by Crippen LogP contribution is -2.03. The predicted molar refractivity (Wildman–Crippen MR) is 91.9 cm³/mol. The lowest BCUT2D eigenvalue weighted by Gasteiger charge is -2.14. The monoisotopic (exact) mass is 351 g/mol. The molecule has 0 saturated carbocycles. The van der Waals surface area contributed by atoms with E-state index in [1.54, 1.807) is 0 Å². The number of anilines is 1. The first-order valence-electron chi connectivity index (χ1n) is 6.64. The third-order valence-corrected chi connectivity index (χ3v) is 4.73. The average molecular weight is 353 g/mol. The lowest BCUT2D eigenvalue weighted by molar-refractivity contribution is 1.10. The van der Waals surface area contributed by atoms with Crippen LogP contribution in [0.25, 0.3) is 0 Å². The van der Waals surface area contributed by atoms with E-state index in [1.807, 2.05) is 19.1 Å². The highest BCUT2D eigenvalue weighted by atomic mass is 79.9. The van der Waals surface area contributed by atoms with Crippen LogP contribution in [0.4, 0.5) is 5.69 Å². The molecule has 0 saturated heterocycles. The van der Waals surface area contributed by atoms with E-state index in [0.29, 0.717) is 0 Å². The van der Waals surface area contributed by atoms with Crippen molar-refractivity contribution in [3.05, 3.63) is 61.6 Å². The molecule has 20 heavy (non-hydrogen) atoms. The van der Waals surface area contributed by atoms with Gasteiger partial charge >= 0.3 is 0 Å². The highest BCUT2D eigenvalue weighted by Gasteiger charge is 2.06. The van der Waals surface area contributed by atoms with E-state index in [4.69, 9.17) is 11.6 Å². The highest BCUT2D eigenvalue weighted by Crippen LogP contribution is 2.29. The van der Waals surface area contributed by atoms with Crippen LogP contribution in [-0.2, 0) is 6.54 Å². The second-order valence-electron chi connectivity index (χ2n) is 5.30. The van der Waals surface area contributed by atoms with Crippen LogP contribution in [0, 0.1) is 27.7 Å². The minimum absolute atomic E-state index is 0.785. The van der Waals surface area contributed by atoms with Gasteiger partial charge < -0.3 is 5.32 Å². The predicted octanol–water partition coefficient (Wildman–Crippen LogP) is 5.95. The molecular weight excluding hydrogens is 334 g/mol. The normalized spacial score (nSPS) is 10.7. The van der Waals surface area contributed by atoms with E-state index in [0.717, 1.165) is 27.3 Å². The Labute approximate surface area is 134 Å². The zero-order valence-corrected chi connectivity index (χ0v) is 14.6. The Bertz CT molecular complexity index is 592. The van der Waals surface area contributed by atoms with Crippen LogP contribution in [0.2, 0.25) is 5.02 Å². The van der Waals surface area contributed by atoms with Crippen LogP contribution in [-0.4, -0.2) is 0 Å². The summed E-state index contributed by atoms with van der Waals surface area (Å²) in [5, 5.41) is 4.24. The van der Waals surface area contributed by atoms with Crippen molar-refractivity contribution >= 4 is 33.2 Å². The summed E-state index contributed by atoms with van der Waals surface area (Å²) >= 11 is 9.76. The summed E-state index contributed by atoms with van der Waals surface area (Å²) in [6.07, 6.45) is 0. The fraction of sp³-hybridized carbons (Fsp3) is 0.294. The Morgan fingerprint density at radius 2 is 1.55 bits per heavy atom. The maximum absolute atomic E-state index is 6.18. The molecule has 106 valence electrons. The van der Waals surface area contributed by atoms with Crippen LogP contribution in [0.3, 0.4) is 0 Å². The molecule has 0 spiro atoms. The second-order valence-corrected chi connectivity index (χ2v) is 6.56. The van der Waals surface area contributed by atoms with Crippen molar-refractivity contribution in [1.82, 2.24) is 0 Å². The molecule has 0 bridgehead atoms. The summed E-state index contributed by atoms with van der Waals surface area (Å²) in [5.74, 6) is 0. The maximum Gasteiger partial charge on any atom is 0.0502 e. The third kappa shape index (κ3) is 3.36. The molecule has 2 rings (SSSR count). The van der Waals surface area contributed by atoms with Crippen molar-refractivity contribution < 1.29 is 0 Å². The van der Waals surface area contributed by atoms with Crippen molar-refractivity contribution in [3.63, 3.8) is 0 Å². The van der Waals surface area contributed by atoms with Crippen LogP contribution in [0.5, 0.6) is 0 Å². The van der Waals surface area contributed by atoms with E-state index in [9.17, 15) is 0 Å². The Morgan fingerprint density at radius 3 is 2.25 bits per heavy atom. The van der Waals surface area contributed by atoms with Crippen LogP contribution in [0.1, 0.15) is 27.8 Å². The molecule has 0 atom stereocenters. The van der Waals surface area contributed by atoms with Gasteiger partial charge in [-0.25, -0.2) is 0 Å². The van der Waals surface area contributed by atoms with E-state index >= 15 is 0 Å². The van der Waals surface area contributed by atoms with Gasteiger partial charge in [0.05, 0.1) is 5.69 Å². The first-order valence-corrected chi connectivity index (χ1v) is 7.82. The minimum atomic E-state index is 0.785. The second kappa shape index (κ2) is 6.19. The van der Waals surface area contributed by atoms with Gasteiger partial charge in [0.2, 0.25) is 0 Å². The van der Waals surface area contributed by atoms with Crippen molar-refractivity contribution in [1.29, 1.82) is 0 Å². The van der Waals surface area contributed by atoms with Crippen molar-refractivity contribution in [2.45, 2.75) is 34.2 Å². The standard InChI is InChI=1S/C17H19BrClN/c1-10-5-12(3)14(6-11(10)2)9-20-17-8-16(19)13(4)7-15(17)18/h5-8,20H,9H2,1-4H3. The van der Waals surface area contributed by atoms with E-state index in [-0.39, 0.29) is 0 Å². The molecule has 0 aliphatic carbocycles. The molecule has 2 aromatic carbocycles. The van der Waals surface area contributed by atoms with Crippen LogP contribution < -0.4 is 5.32 Å². The summed E-state index contributed by atoms with van der Waals surface area (Å²) in [7, 11) is 0. The molecule has 0 fully saturated rings. The molecule has 0 unspecified atom stereocenters. The largest absolute Gasteiger partial charge is 0.380 e. The van der Waals surface area contributed by atoms with Gasteiger partial charge in [0, 0.05) is 16.0 Å². The molecule has 2 aromatic rings. The first kappa shape index (κ1) is 15.4. The minimum Gasteiger partial charge on any atom is -0.380 e. The Morgan fingerprint density at radius 1 is 0.900 bits per heavy atom. The van der Waals surface area contributed by atoms with Gasteiger partial charge in [-0.05, 0) is 83.6 Å². The van der Waals surface area contributed by atoms with Crippen LogP contribution >= 0.6 is 27.5 Å². The molecule has 3 heteroatoms. The number of nitrogens with one attached hydrogen (secondary N) is 1. The number of hydrogen-bond donors (Lipinski definition) is 1. The quantitative estimate of drug-likeness (QED) is 0.720. The van der Waals surface area contributed by atoms with Gasteiger partial charge in [-0.15, -0.1) is 0 Å². The number of rotatable bonds is 3. The summed E-state index contributed by atoms with van der Waals surface area (Å²) in [4.78, 5) is 0. The SMILES string of the molecule is Cc1cc(C)c(CNc2cc(Cl)c(C)cc2Br)cc1C. The molecule has 1 nitrogen and oxygen atoms in total. The molecule has 0 heterocycles. The summed E-state index contributed by atoms with van der Waals surface area (Å²) in [6.45, 7) is 9.25. The van der Waals surface area contributed by atoms with Crippen molar-refractivity contribution in [2.75, 3.05) is 5.32 Å². The molecule has 0 aromatic heterocycles. The molecule has 0 radical (unpaired) electrons. The molecule has 0 aliphatic rings. The van der Waals surface area contributed by atoms with Gasteiger partial charge in [-0.2, -0.15) is 0 Å². The van der Waals surface area contributed by atoms with Gasteiger partial charge in [0.25, 0.3) is 0 Å². The zero-order chi connectivity index (χ0) is 14.9. The molecule has 0 amide bonds. The maximum atomic E-state index is 6.18. The Hall–Kier alpha value is -0.990. The molecular formula is C17H19BrClN. The van der Waals surface area contributed by atoms with Gasteiger partial charge in [-0.1, -0.05) is 23.7 Å². The molecule has 1 N–H and O–H groups in total. The summed E-state index contributed by atoms with van der Waals surface area (Å²) in [6, 6.07) is 8.50. The van der Waals surface area contributed by atoms with Gasteiger partial charge in [0.1, 0.15) is 0 Å². The summed E-state index contributed by atoms with van der Waals surface area (Å²) in [5.41, 5.74) is 7.40. The smallest absolute Gasteiger partial charge is 0.0502 e. The number of hydrogen-bond acceptors (Lipinski definition) is 1. The van der Waals surface area contributed by atoms with E-state index in [1.165, 1.54) is 22.3 Å². The van der Waals surface area contributed by atoms with Gasteiger partial charge in [-0.3, -0.25) is 0 Å². The fourth-order valence-corrected chi connectivity index (χ4v) is 2.94. The first-order chi connectivity index (χ1) is 9.38. The topological polar surface area (TPSA) is 12.0 Å². The lowest BCUT2D eigenvalue weighted by atomic mass is 10.0. The van der Waals surface area contributed by atoms with Crippen LogP contribution in [0.15, 0.2) is 28.7 Å². The Balaban J connectivity index is 2.21. The van der Waals surface area contributed by atoms with E-state index < -0.39 is 0 Å².